The molecule has 0 heterocycles. The number of hydrogen-bond acceptors (Lipinski definition) is 8. The van der Waals surface area contributed by atoms with Crippen molar-refractivity contribution >= 4 is 27.5 Å². The van der Waals surface area contributed by atoms with E-state index < -0.39 is 21.8 Å². The van der Waals surface area contributed by atoms with Crippen LogP contribution in [0, 0.1) is 0 Å². The number of ether oxygens (including phenoxy) is 3. The lowest BCUT2D eigenvalue weighted by molar-refractivity contribution is -0.138. The van der Waals surface area contributed by atoms with Crippen LogP contribution in [0.1, 0.15) is 6.92 Å². The summed E-state index contributed by atoms with van der Waals surface area (Å²) < 4.78 is 38.2. The summed E-state index contributed by atoms with van der Waals surface area (Å²) >= 11 is 0. The second-order valence-corrected chi connectivity index (χ2v) is 6.74. The van der Waals surface area contributed by atoms with Gasteiger partial charge in [0, 0.05) is 0 Å². The number of esters is 2. The van der Waals surface area contributed by atoms with Gasteiger partial charge < -0.3 is 19.5 Å². The van der Waals surface area contributed by atoms with E-state index in [1.54, 1.807) is 0 Å². The Bertz CT molecular complexity index is 753. The van der Waals surface area contributed by atoms with Gasteiger partial charge in [-0.1, -0.05) is 6.92 Å². The maximum Gasteiger partial charge on any atom is 0.354 e. The van der Waals surface area contributed by atoms with Gasteiger partial charge in [-0.15, -0.1) is 0 Å². The third kappa shape index (κ3) is 4.72. The summed E-state index contributed by atoms with van der Waals surface area (Å²) in [5, 5.41) is 2.65. The number of carbonyl (C=O) groups is 2. The number of sulfone groups is 1. The SMILES string of the molecule is CCS(=O)(=O)c1ccc(OC)c(N/C(=C/C(=O)OC)C(=O)OC)c1. The molecule has 1 aromatic rings. The third-order valence-corrected chi connectivity index (χ3v) is 4.78. The van der Waals surface area contributed by atoms with E-state index in [0.717, 1.165) is 20.3 Å². The molecule has 24 heavy (non-hydrogen) atoms. The Hall–Kier alpha value is -2.55. The minimum absolute atomic E-state index is 0.0515. The molecule has 8 nitrogen and oxygen atoms in total. The Morgan fingerprint density at radius 3 is 2.33 bits per heavy atom. The van der Waals surface area contributed by atoms with E-state index in [-0.39, 0.29) is 27.8 Å². The van der Waals surface area contributed by atoms with Gasteiger partial charge in [-0.25, -0.2) is 18.0 Å². The van der Waals surface area contributed by atoms with Crippen molar-refractivity contribution in [3.63, 3.8) is 0 Å². The summed E-state index contributed by atoms with van der Waals surface area (Å²) in [6.07, 6.45) is 0.895. The molecule has 0 atom stereocenters. The van der Waals surface area contributed by atoms with E-state index >= 15 is 0 Å². The number of hydrogen-bond donors (Lipinski definition) is 1. The molecule has 0 radical (unpaired) electrons. The fraction of sp³-hybridized carbons (Fsp3) is 0.333. The zero-order valence-electron chi connectivity index (χ0n) is 13.8. The van der Waals surface area contributed by atoms with Gasteiger partial charge in [-0.3, -0.25) is 0 Å². The molecule has 0 unspecified atom stereocenters. The monoisotopic (exact) mass is 357 g/mol. The summed E-state index contributed by atoms with van der Waals surface area (Å²) in [6, 6.07) is 4.15. The molecule has 0 aliphatic carbocycles. The van der Waals surface area contributed by atoms with Crippen molar-refractivity contribution in [3.05, 3.63) is 30.0 Å². The molecule has 0 bridgehead atoms. The molecule has 9 heteroatoms. The van der Waals surface area contributed by atoms with E-state index in [0.29, 0.717) is 0 Å². The van der Waals surface area contributed by atoms with Crippen LogP contribution >= 0.6 is 0 Å². The topological polar surface area (TPSA) is 108 Å². The smallest absolute Gasteiger partial charge is 0.354 e. The van der Waals surface area contributed by atoms with E-state index in [9.17, 15) is 18.0 Å². The second-order valence-electron chi connectivity index (χ2n) is 4.46. The molecule has 1 aromatic carbocycles. The Labute approximate surface area is 140 Å². The van der Waals surface area contributed by atoms with E-state index in [4.69, 9.17) is 4.74 Å². The van der Waals surface area contributed by atoms with Gasteiger partial charge in [0.1, 0.15) is 11.4 Å². The van der Waals surface area contributed by atoms with Gasteiger partial charge >= 0.3 is 11.9 Å². The first-order valence-electron chi connectivity index (χ1n) is 6.84. The Morgan fingerprint density at radius 1 is 1.17 bits per heavy atom. The first kappa shape index (κ1) is 19.5. The summed E-state index contributed by atoms with van der Waals surface area (Å²) in [5.74, 6) is -1.41. The van der Waals surface area contributed by atoms with Crippen LogP contribution in [0.25, 0.3) is 0 Å². The largest absolute Gasteiger partial charge is 0.495 e. The summed E-state index contributed by atoms with van der Waals surface area (Å²) in [4.78, 5) is 23.2. The number of rotatable bonds is 7. The zero-order chi connectivity index (χ0) is 18.3. The van der Waals surface area contributed by atoms with Crippen LogP contribution in [0.2, 0.25) is 0 Å². The van der Waals surface area contributed by atoms with Crippen LogP contribution in [-0.4, -0.2) is 47.4 Å². The van der Waals surface area contributed by atoms with Crippen LogP contribution in [0.3, 0.4) is 0 Å². The quantitative estimate of drug-likeness (QED) is 0.571. The number of anilines is 1. The molecule has 0 aromatic heterocycles. The molecule has 1 N–H and O–H groups in total. The van der Waals surface area contributed by atoms with Crippen LogP contribution in [0.15, 0.2) is 34.9 Å². The van der Waals surface area contributed by atoms with Crippen molar-refractivity contribution in [2.75, 3.05) is 32.4 Å². The first-order chi connectivity index (χ1) is 11.3. The molecule has 0 fully saturated rings. The van der Waals surface area contributed by atoms with Gasteiger partial charge in [0.15, 0.2) is 9.84 Å². The molecule has 0 spiro atoms. The Kier molecular flexibility index (Phi) is 6.78. The number of carbonyl (C=O) groups excluding carboxylic acids is 2. The van der Waals surface area contributed by atoms with Gasteiger partial charge in [0.2, 0.25) is 0 Å². The summed E-state index contributed by atoms with van der Waals surface area (Å²) in [5.41, 5.74) is -0.0405. The predicted molar refractivity (Wildman–Crippen MR) is 86.5 cm³/mol. The van der Waals surface area contributed by atoms with Crippen LogP contribution in [0.4, 0.5) is 5.69 Å². The van der Waals surface area contributed by atoms with Crippen molar-refractivity contribution in [1.29, 1.82) is 0 Å². The van der Waals surface area contributed by atoms with Crippen molar-refractivity contribution in [1.82, 2.24) is 0 Å². The average Bonchev–Trinajstić information content (AvgIpc) is 2.59. The van der Waals surface area contributed by atoms with Crippen molar-refractivity contribution in [3.8, 4) is 5.75 Å². The maximum atomic E-state index is 12.0. The van der Waals surface area contributed by atoms with Gasteiger partial charge in [0.05, 0.1) is 43.7 Å². The normalized spacial score (nSPS) is 11.6. The zero-order valence-corrected chi connectivity index (χ0v) is 14.6. The standard InChI is InChI=1S/C15H19NO7S/c1-5-24(19,20)10-6-7-13(21-2)11(8-10)16-12(15(18)23-4)9-14(17)22-3/h6-9,16H,5H2,1-4H3/b12-9+. The molecule has 0 saturated carbocycles. The number of benzene rings is 1. The van der Waals surface area contributed by atoms with Crippen LogP contribution in [-0.2, 0) is 28.9 Å². The summed E-state index contributed by atoms with van der Waals surface area (Å²) in [7, 11) is 0.226. The fourth-order valence-corrected chi connectivity index (χ4v) is 2.63. The van der Waals surface area contributed by atoms with Crippen LogP contribution < -0.4 is 10.1 Å². The molecule has 1 rings (SSSR count). The van der Waals surface area contributed by atoms with E-state index in [1.165, 1.54) is 32.2 Å². The highest BCUT2D eigenvalue weighted by Gasteiger charge is 2.18. The molecular formula is C15H19NO7S. The van der Waals surface area contributed by atoms with E-state index in [1.807, 2.05) is 0 Å². The highest BCUT2D eigenvalue weighted by molar-refractivity contribution is 7.91. The molecule has 132 valence electrons. The highest BCUT2D eigenvalue weighted by atomic mass is 32.2. The van der Waals surface area contributed by atoms with Gasteiger partial charge in [0.25, 0.3) is 0 Å². The lowest BCUT2D eigenvalue weighted by Crippen LogP contribution is -2.16. The Morgan fingerprint density at radius 2 is 1.83 bits per heavy atom. The van der Waals surface area contributed by atoms with Gasteiger partial charge in [-0.2, -0.15) is 0 Å². The molecule has 0 saturated heterocycles. The molecular weight excluding hydrogens is 338 g/mol. The Balaban J connectivity index is 3.36. The molecule has 0 amide bonds. The predicted octanol–water partition coefficient (Wildman–Crippen LogP) is 1.13. The maximum absolute atomic E-state index is 12.0. The van der Waals surface area contributed by atoms with Crippen molar-refractivity contribution in [2.24, 2.45) is 0 Å². The third-order valence-electron chi connectivity index (χ3n) is 3.05. The number of nitrogens with one attached hydrogen (secondary N) is 1. The van der Waals surface area contributed by atoms with E-state index in [2.05, 4.69) is 14.8 Å². The highest BCUT2D eigenvalue weighted by Crippen LogP contribution is 2.29. The number of methoxy groups -OCH3 is 3. The minimum Gasteiger partial charge on any atom is -0.495 e. The van der Waals surface area contributed by atoms with Crippen molar-refractivity contribution < 1.29 is 32.2 Å². The fourth-order valence-electron chi connectivity index (χ4n) is 1.72. The first-order valence-corrected chi connectivity index (χ1v) is 8.50. The molecule has 0 aliphatic rings. The lowest BCUT2D eigenvalue weighted by atomic mass is 10.2. The lowest BCUT2D eigenvalue weighted by Gasteiger charge is -2.14. The summed E-state index contributed by atoms with van der Waals surface area (Å²) in [6.45, 7) is 1.52. The minimum atomic E-state index is -3.46. The second kappa shape index (κ2) is 8.34. The average molecular weight is 357 g/mol. The van der Waals surface area contributed by atoms with Gasteiger partial charge in [-0.05, 0) is 18.2 Å². The van der Waals surface area contributed by atoms with Crippen molar-refractivity contribution in [2.45, 2.75) is 11.8 Å². The molecule has 0 aliphatic heterocycles. The van der Waals surface area contributed by atoms with Crippen LogP contribution in [0.5, 0.6) is 5.75 Å².